The van der Waals surface area contributed by atoms with Crippen LogP contribution in [0.5, 0.6) is 0 Å². The van der Waals surface area contributed by atoms with Crippen LogP contribution in [0.25, 0.3) is 10.7 Å². The predicted molar refractivity (Wildman–Crippen MR) is 93.7 cm³/mol. The molecule has 4 rings (SSSR count). The Morgan fingerprint density at radius 2 is 2.21 bits per heavy atom. The fourth-order valence-corrected chi connectivity index (χ4v) is 3.36. The zero-order valence-corrected chi connectivity index (χ0v) is 14.0. The molecule has 0 unspecified atom stereocenters. The summed E-state index contributed by atoms with van der Waals surface area (Å²) in [5.74, 6) is 2.26. The van der Waals surface area contributed by atoms with Crippen molar-refractivity contribution in [2.75, 3.05) is 11.9 Å². The molecule has 7 nitrogen and oxygen atoms in total. The van der Waals surface area contributed by atoms with E-state index in [2.05, 4.69) is 20.3 Å². The molecule has 0 bridgehead atoms. The Kier molecular flexibility index (Phi) is 3.78. The van der Waals surface area contributed by atoms with E-state index in [0.717, 1.165) is 23.7 Å². The molecule has 0 aromatic carbocycles. The number of nitrogens with zero attached hydrogens (tertiary/aromatic N) is 4. The molecule has 3 heterocycles. The first kappa shape index (κ1) is 15.2. The number of aromatic nitrogens is 2. The number of hydrogen-bond donors (Lipinski definition) is 1. The van der Waals surface area contributed by atoms with E-state index in [1.807, 2.05) is 6.08 Å². The van der Waals surface area contributed by atoms with Gasteiger partial charge in [-0.05, 0) is 36.5 Å². The van der Waals surface area contributed by atoms with E-state index in [1.54, 1.807) is 6.07 Å². The summed E-state index contributed by atoms with van der Waals surface area (Å²) >= 11 is 7.19. The molecule has 0 saturated heterocycles. The van der Waals surface area contributed by atoms with Crippen molar-refractivity contribution in [2.45, 2.75) is 12.8 Å². The molecule has 1 N–H and O–H groups in total. The lowest BCUT2D eigenvalue weighted by molar-refractivity contribution is -0.380. The molecule has 0 spiro atoms. The monoisotopic (exact) mass is 361 g/mol. The lowest BCUT2D eigenvalue weighted by atomic mass is 10.2. The van der Waals surface area contributed by atoms with Crippen molar-refractivity contribution in [3.05, 3.63) is 45.1 Å². The molecular formula is C15H12ClN5O2S. The number of anilines is 1. The van der Waals surface area contributed by atoms with Crippen LogP contribution in [0.3, 0.4) is 0 Å². The Morgan fingerprint density at radius 1 is 1.38 bits per heavy atom. The van der Waals surface area contributed by atoms with Crippen LogP contribution in [0.2, 0.25) is 5.02 Å². The Bertz CT molecular complexity index is 888. The molecule has 0 atom stereocenters. The summed E-state index contributed by atoms with van der Waals surface area (Å²) in [5.41, 5.74) is 1.34. The van der Waals surface area contributed by atoms with Crippen molar-refractivity contribution in [1.29, 1.82) is 0 Å². The van der Waals surface area contributed by atoms with Crippen molar-refractivity contribution in [3.8, 4) is 10.7 Å². The number of nitro groups is 1. The average Bonchev–Trinajstić information content (AvgIpc) is 3.10. The summed E-state index contributed by atoms with van der Waals surface area (Å²) in [7, 11) is 0. The topological polar surface area (TPSA) is 93.3 Å². The molecule has 0 radical (unpaired) electrons. The van der Waals surface area contributed by atoms with Gasteiger partial charge in [0.15, 0.2) is 11.6 Å². The van der Waals surface area contributed by atoms with Gasteiger partial charge in [-0.1, -0.05) is 22.9 Å². The normalized spacial score (nSPS) is 16.7. The number of aliphatic imine (C=N–C) groups is 1. The van der Waals surface area contributed by atoms with Crippen LogP contribution in [-0.4, -0.2) is 27.3 Å². The maximum atomic E-state index is 10.8. The van der Waals surface area contributed by atoms with Gasteiger partial charge in [0.05, 0.1) is 22.5 Å². The highest BCUT2D eigenvalue weighted by Crippen LogP contribution is 2.38. The van der Waals surface area contributed by atoms with Crippen LogP contribution in [0, 0.1) is 16.0 Å². The minimum atomic E-state index is -0.430. The van der Waals surface area contributed by atoms with Crippen molar-refractivity contribution in [2.24, 2.45) is 10.9 Å². The number of rotatable bonds is 4. The SMILES string of the molecule is O=[N+]([O-])c1ccc(-c2ncc(Cl)c(NC3=NCC(C4CC4)=C3)n2)s1. The highest BCUT2D eigenvalue weighted by Gasteiger charge is 2.28. The Hall–Kier alpha value is -2.32. The minimum Gasteiger partial charge on any atom is -0.324 e. The zero-order valence-electron chi connectivity index (χ0n) is 12.4. The highest BCUT2D eigenvalue weighted by molar-refractivity contribution is 7.18. The molecule has 9 heteroatoms. The van der Waals surface area contributed by atoms with E-state index in [0.29, 0.717) is 27.5 Å². The highest BCUT2D eigenvalue weighted by atomic mass is 35.5. The first-order valence-electron chi connectivity index (χ1n) is 7.39. The standard InChI is InChI=1S/C15H12ClN5O2S/c16-10-7-18-15(11-3-4-13(24-11)21(22)23)20-14(10)19-12-5-9(6-17-12)8-1-2-8/h3-5,7-8H,1-2,6H2,(H,17,18,19,20). The third-order valence-electron chi connectivity index (χ3n) is 3.84. The lowest BCUT2D eigenvalue weighted by Crippen LogP contribution is -2.09. The van der Waals surface area contributed by atoms with Gasteiger partial charge in [-0.15, -0.1) is 0 Å². The molecule has 24 heavy (non-hydrogen) atoms. The van der Waals surface area contributed by atoms with Gasteiger partial charge in [0, 0.05) is 6.07 Å². The second kappa shape index (κ2) is 5.95. The zero-order chi connectivity index (χ0) is 16.7. The number of amidine groups is 1. The van der Waals surface area contributed by atoms with Gasteiger partial charge in [0.25, 0.3) is 0 Å². The van der Waals surface area contributed by atoms with Crippen LogP contribution in [-0.2, 0) is 0 Å². The average molecular weight is 362 g/mol. The number of hydrogen-bond acceptors (Lipinski definition) is 7. The fourth-order valence-electron chi connectivity index (χ4n) is 2.46. The van der Waals surface area contributed by atoms with Gasteiger partial charge in [-0.25, -0.2) is 9.97 Å². The Balaban J connectivity index is 1.58. The van der Waals surface area contributed by atoms with Crippen LogP contribution >= 0.6 is 22.9 Å². The smallest absolute Gasteiger partial charge is 0.324 e. The van der Waals surface area contributed by atoms with Crippen LogP contribution in [0.4, 0.5) is 10.8 Å². The second-order valence-corrected chi connectivity index (χ2v) is 7.07. The van der Waals surface area contributed by atoms with E-state index >= 15 is 0 Å². The first-order chi connectivity index (χ1) is 11.6. The molecule has 1 saturated carbocycles. The van der Waals surface area contributed by atoms with Gasteiger partial charge in [0.1, 0.15) is 10.9 Å². The molecule has 1 aliphatic heterocycles. The quantitative estimate of drug-likeness (QED) is 0.657. The van der Waals surface area contributed by atoms with Crippen LogP contribution in [0.1, 0.15) is 12.8 Å². The van der Waals surface area contributed by atoms with Crippen molar-refractivity contribution in [3.63, 3.8) is 0 Å². The Labute approximate surface area is 146 Å². The van der Waals surface area contributed by atoms with Crippen molar-refractivity contribution < 1.29 is 4.92 Å². The maximum absolute atomic E-state index is 10.8. The van der Waals surface area contributed by atoms with Gasteiger partial charge in [-0.3, -0.25) is 15.1 Å². The fraction of sp³-hybridized carbons (Fsp3) is 0.267. The van der Waals surface area contributed by atoms with E-state index < -0.39 is 4.92 Å². The molecular weight excluding hydrogens is 350 g/mol. The van der Waals surface area contributed by atoms with E-state index in [4.69, 9.17) is 11.6 Å². The lowest BCUT2D eigenvalue weighted by Gasteiger charge is -2.06. The predicted octanol–water partition coefficient (Wildman–Crippen LogP) is 3.93. The largest absolute Gasteiger partial charge is 0.324 e. The van der Waals surface area contributed by atoms with Crippen molar-refractivity contribution in [1.82, 2.24) is 9.97 Å². The number of nitrogens with one attached hydrogen (secondary N) is 1. The van der Waals surface area contributed by atoms with Crippen LogP contribution in [0.15, 0.2) is 35.0 Å². The molecule has 1 fully saturated rings. The minimum absolute atomic E-state index is 0.0511. The van der Waals surface area contributed by atoms with E-state index in [9.17, 15) is 10.1 Å². The molecule has 0 amide bonds. The Morgan fingerprint density at radius 3 is 2.92 bits per heavy atom. The van der Waals surface area contributed by atoms with Gasteiger partial charge < -0.3 is 5.32 Å². The molecule has 122 valence electrons. The maximum Gasteiger partial charge on any atom is 0.324 e. The van der Waals surface area contributed by atoms with E-state index in [1.165, 1.54) is 30.7 Å². The summed E-state index contributed by atoms with van der Waals surface area (Å²) < 4.78 is 0. The summed E-state index contributed by atoms with van der Waals surface area (Å²) in [6, 6.07) is 3.07. The van der Waals surface area contributed by atoms with Crippen LogP contribution < -0.4 is 5.32 Å². The summed E-state index contributed by atoms with van der Waals surface area (Å²) in [5, 5.41) is 14.4. The summed E-state index contributed by atoms with van der Waals surface area (Å²) in [6.45, 7) is 0.722. The molecule has 2 aliphatic rings. The number of halogens is 1. The third-order valence-corrected chi connectivity index (χ3v) is 5.15. The molecule has 1 aliphatic carbocycles. The number of thiophene rings is 1. The molecule has 2 aromatic rings. The van der Waals surface area contributed by atoms with Crippen molar-refractivity contribution >= 4 is 39.6 Å². The molecule has 2 aromatic heterocycles. The summed E-state index contributed by atoms with van der Waals surface area (Å²) in [4.78, 5) is 24.0. The van der Waals surface area contributed by atoms with Gasteiger partial charge in [0.2, 0.25) is 0 Å². The third kappa shape index (κ3) is 3.02. The van der Waals surface area contributed by atoms with Gasteiger partial charge in [-0.2, -0.15) is 0 Å². The first-order valence-corrected chi connectivity index (χ1v) is 8.58. The second-order valence-electron chi connectivity index (χ2n) is 5.61. The van der Waals surface area contributed by atoms with E-state index in [-0.39, 0.29) is 5.00 Å². The van der Waals surface area contributed by atoms with Gasteiger partial charge >= 0.3 is 5.00 Å². The summed E-state index contributed by atoms with van der Waals surface area (Å²) in [6.07, 6.45) is 6.01.